The van der Waals surface area contributed by atoms with E-state index in [-0.39, 0.29) is 23.8 Å². The second-order valence-electron chi connectivity index (χ2n) is 10.5. The van der Waals surface area contributed by atoms with Crippen LogP contribution in [-0.4, -0.2) is 30.9 Å². The fourth-order valence-corrected chi connectivity index (χ4v) is 7.65. The van der Waals surface area contributed by atoms with Crippen LogP contribution in [0.15, 0.2) is 74.1 Å². The van der Waals surface area contributed by atoms with Gasteiger partial charge in [0.05, 0.1) is 39.7 Å². The number of thiazole rings is 1. The monoisotopic (exact) mass is 856 g/mol. The van der Waals surface area contributed by atoms with Gasteiger partial charge < -0.3 is 18.9 Å². The summed E-state index contributed by atoms with van der Waals surface area (Å²) in [7, 11) is 3.10. The van der Waals surface area contributed by atoms with Gasteiger partial charge in [0, 0.05) is 25.6 Å². The van der Waals surface area contributed by atoms with Crippen LogP contribution in [0.2, 0.25) is 10.0 Å². The molecule has 0 N–H and O–H groups in total. The summed E-state index contributed by atoms with van der Waals surface area (Å²) in [5, 5.41) is 1.04. The van der Waals surface area contributed by atoms with E-state index in [1.165, 1.54) is 15.9 Å². The molecule has 1 aromatic heterocycles. The van der Waals surface area contributed by atoms with Gasteiger partial charge in [-0.3, -0.25) is 9.36 Å². The molecule has 46 heavy (non-hydrogen) atoms. The Hall–Kier alpha value is -2.84. The number of hydrogen-bond donors (Lipinski definition) is 0. The molecule has 0 spiro atoms. The number of carbonyl (C=O) groups excluding carboxylic acids is 1. The van der Waals surface area contributed by atoms with E-state index >= 15 is 0 Å². The summed E-state index contributed by atoms with van der Waals surface area (Å²) in [4.78, 5) is 32.8. The van der Waals surface area contributed by atoms with Crippen LogP contribution in [0.5, 0.6) is 17.2 Å². The fourth-order valence-electron chi connectivity index (χ4n) is 4.98. The lowest BCUT2D eigenvalue weighted by atomic mass is 9.95. The third-order valence-electron chi connectivity index (χ3n) is 7.01. The van der Waals surface area contributed by atoms with Gasteiger partial charge in [-0.15, -0.1) is 0 Å². The normalized spacial score (nSPS) is 14.7. The van der Waals surface area contributed by atoms with Crippen molar-refractivity contribution < 1.29 is 23.7 Å². The SMILES string of the molecule is COc1ccc(Br)cc1[C@@H]1C(C(=O)OC(C)C)=C(C)N=c2s/c(=C\c3cc(I)c(OCc4ccc(Cl)cc4Cl)c(OC)c3)c(=O)n21. The molecule has 0 saturated carbocycles. The average molecular weight is 858 g/mol. The minimum absolute atomic E-state index is 0.209. The first-order chi connectivity index (χ1) is 21.9. The molecule has 1 atom stereocenters. The molecule has 0 saturated heterocycles. The Morgan fingerprint density at radius 1 is 1.11 bits per heavy atom. The van der Waals surface area contributed by atoms with E-state index in [0.717, 1.165) is 19.2 Å². The lowest BCUT2D eigenvalue weighted by Crippen LogP contribution is -2.40. The summed E-state index contributed by atoms with van der Waals surface area (Å²) in [5.74, 6) is 0.996. The highest BCUT2D eigenvalue weighted by Crippen LogP contribution is 2.38. The molecule has 1 aliphatic heterocycles. The fraction of sp³-hybridized carbons (Fsp3) is 0.242. The van der Waals surface area contributed by atoms with E-state index in [1.807, 2.05) is 24.3 Å². The largest absolute Gasteiger partial charge is 0.496 e. The van der Waals surface area contributed by atoms with Crippen molar-refractivity contribution in [2.24, 2.45) is 4.99 Å². The summed E-state index contributed by atoms with van der Waals surface area (Å²) < 4.78 is 26.6. The number of ether oxygens (including phenoxy) is 4. The molecule has 0 radical (unpaired) electrons. The molecular weight excluding hydrogens is 830 g/mol. The van der Waals surface area contributed by atoms with Crippen LogP contribution < -0.4 is 29.1 Å². The van der Waals surface area contributed by atoms with Crippen molar-refractivity contribution in [1.29, 1.82) is 0 Å². The Kier molecular flexibility index (Phi) is 10.9. The molecule has 0 amide bonds. The number of aromatic nitrogens is 1. The van der Waals surface area contributed by atoms with Gasteiger partial charge in [-0.2, -0.15) is 0 Å². The summed E-state index contributed by atoms with van der Waals surface area (Å²) in [6.45, 7) is 5.50. The number of allylic oxidation sites excluding steroid dienone is 1. The molecule has 2 heterocycles. The molecule has 3 aromatic carbocycles. The minimum Gasteiger partial charge on any atom is -0.496 e. The molecule has 1 aliphatic rings. The quantitative estimate of drug-likeness (QED) is 0.128. The van der Waals surface area contributed by atoms with E-state index in [0.29, 0.717) is 47.9 Å². The predicted octanol–water partition coefficient (Wildman–Crippen LogP) is 7.46. The number of halogens is 4. The number of nitrogens with zero attached hydrogens (tertiary/aromatic N) is 2. The lowest BCUT2D eigenvalue weighted by molar-refractivity contribution is -0.143. The first-order valence-electron chi connectivity index (χ1n) is 13.9. The zero-order chi connectivity index (χ0) is 33.3. The molecule has 0 bridgehead atoms. The molecule has 0 fully saturated rings. The van der Waals surface area contributed by atoms with Gasteiger partial charge in [0.25, 0.3) is 5.56 Å². The van der Waals surface area contributed by atoms with Crippen LogP contribution in [0.1, 0.15) is 43.5 Å². The Labute approximate surface area is 301 Å². The van der Waals surface area contributed by atoms with Crippen LogP contribution in [0, 0.1) is 3.57 Å². The van der Waals surface area contributed by atoms with Crippen LogP contribution in [0.25, 0.3) is 6.08 Å². The lowest BCUT2D eigenvalue weighted by Gasteiger charge is -2.26. The maximum atomic E-state index is 14.2. The summed E-state index contributed by atoms with van der Waals surface area (Å²) >= 11 is 19.3. The van der Waals surface area contributed by atoms with Gasteiger partial charge in [0.1, 0.15) is 18.4 Å². The highest BCUT2D eigenvalue weighted by molar-refractivity contribution is 14.1. The van der Waals surface area contributed by atoms with Gasteiger partial charge >= 0.3 is 5.97 Å². The maximum Gasteiger partial charge on any atom is 0.338 e. The van der Waals surface area contributed by atoms with E-state index < -0.39 is 12.0 Å². The van der Waals surface area contributed by atoms with Crippen LogP contribution >= 0.6 is 73.1 Å². The van der Waals surface area contributed by atoms with Gasteiger partial charge in [-0.1, -0.05) is 56.5 Å². The molecule has 240 valence electrons. The van der Waals surface area contributed by atoms with E-state index in [4.69, 9.17) is 42.1 Å². The maximum absolute atomic E-state index is 14.2. The smallest absolute Gasteiger partial charge is 0.338 e. The number of fused-ring (bicyclic) bond motifs is 1. The second-order valence-corrected chi connectivity index (χ2v) is 14.4. The van der Waals surface area contributed by atoms with E-state index in [2.05, 4.69) is 43.5 Å². The minimum atomic E-state index is -0.831. The van der Waals surface area contributed by atoms with Crippen molar-refractivity contribution in [3.05, 3.63) is 114 Å². The van der Waals surface area contributed by atoms with Crippen LogP contribution in [-0.2, 0) is 16.1 Å². The van der Waals surface area contributed by atoms with Crippen molar-refractivity contribution in [3.63, 3.8) is 0 Å². The first kappa shape index (κ1) is 34.5. The number of benzene rings is 3. The van der Waals surface area contributed by atoms with Gasteiger partial charge in [0.15, 0.2) is 16.3 Å². The second kappa shape index (κ2) is 14.5. The van der Waals surface area contributed by atoms with Crippen molar-refractivity contribution in [1.82, 2.24) is 4.57 Å². The summed E-state index contributed by atoms with van der Waals surface area (Å²) in [6.07, 6.45) is 1.41. The molecule has 13 heteroatoms. The molecule has 0 unspecified atom stereocenters. The zero-order valence-corrected chi connectivity index (χ0v) is 31.4. The number of esters is 1. The standard InChI is InChI=1S/C33H28BrCl2IN2O6S/c1-16(2)45-32(41)28-17(3)38-33-39(29(28)22-13-20(34)7-9-25(22)42-4)31(40)27(46-33)12-18-10-24(37)30(26(11-18)43-5)44-15-19-6-8-21(35)14-23(19)36/h6-14,16,29H,15H2,1-5H3/b27-12-/t29-/m1/s1. The topological polar surface area (TPSA) is 88.4 Å². The third-order valence-corrected chi connectivity index (χ3v) is 9.87. The number of carbonyl (C=O) groups is 1. The van der Waals surface area contributed by atoms with Crippen LogP contribution in [0.3, 0.4) is 0 Å². The van der Waals surface area contributed by atoms with Crippen molar-refractivity contribution >= 4 is 85.1 Å². The van der Waals surface area contributed by atoms with Crippen LogP contribution in [0.4, 0.5) is 0 Å². The Balaban J connectivity index is 1.61. The first-order valence-corrected chi connectivity index (χ1v) is 17.4. The highest BCUT2D eigenvalue weighted by Gasteiger charge is 2.35. The van der Waals surface area contributed by atoms with Gasteiger partial charge in [0.2, 0.25) is 0 Å². The number of methoxy groups -OCH3 is 2. The zero-order valence-electron chi connectivity index (χ0n) is 25.3. The van der Waals surface area contributed by atoms with E-state index in [1.54, 1.807) is 65.3 Å². The summed E-state index contributed by atoms with van der Waals surface area (Å²) in [5.41, 5.74) is 2.53. The van der Waals surface area contributed by atoms with E-state index in [9.17, 15) is 9.59 Å². The summed E-state index contributed by atoms with van der Waals surface area (Å²) in [6, 6.07) is 13.5. The van der Waals surface area contributed by atoms with Crippen molar-refractivity contribution in [2.75, 3.05) is 14.2 Å². The van der Waals surface area contributed by atoms with Gasteiger partial charge in [-0.05, 0) is 97.5 Å². The molecule has 5 rings (SSSR count). The predicted molar refractivity (Wildman–Crippen MR) is 192 cm³/mol. The van der Waals surface area contributed by atoms with Crippen molar-refractivity contribution in [2.45, 2.75) is 39.5 Å². The Morgan fingerprint density at radius 3 is 2.52 bits per heavy atom. The highest BCUT2D eigenvalue weighted by atomic mass is 127. The number of hydrogen-bond acceptors (Lipinski definition) is 8. The Bertz CT molecular complexity index is 2060. The molecular formula is C33H28BrCl2IN2O6S. The molecule has 0 aliphatic carbocycles. The third kappa shape index (κ3) is 7.18. The van der Waals surface area contributed by atoms with Crippen molar-refractivity contribution in [3.8, 4) is 17.2 Å². The molecule has 4 aromatic rings. The average Bonchev–Trinajstić information content (AvgIpc) is 3.29. The molecule has 8 nitrogen and oxygen atoms in total. The Morgan fingerprint density at radius 2 is 1.85 bits per heavy atom. The number of rotatable bonds is 9. The van der Waals surface area contributed by atoms with Gasteiger partial charge in [-0.25, -0.2) is 9.79 Å².